The van der Waals surface area contributed by atoms with Crippen molar-refractivity contribution < 1.29 is 0 Å². The van der Waals surface area contributed by atoms with E-state index >= 15 is 0 Å². The second kappa shape index (κ2) is 3.74. The van der Waals surface area contributed by atoms with Crippen molar-refractivity contribution in [2.45, 2.75) is 13.5 Å². The molecule has 0 fully saturated rings. The van der Waals surface area contributed by atoms with E-state index in [0.29, 0.717) is 0 Å². The molecule has 2 N–H and O–H groups in total. The summed E-state index contributed by atoms with van der Waals surface area (Å²) in [5, 5.41) is 2.04. The van der Waals surface area contributed by atoms with Crippen LogP contribution in [0.3, 0.4) is 0 Å². The molecular formula is C8H14N2S. The largest absolute Gasteiger partial charge is 0.398 e. The molecule has 0 aliphatic rings. The van der Waals surface area contributed by atoms with Crippen molar-refractivity contribution in [3.8, 4) is 0 Å². The molecule has 0 aromatic carbocycles. The molecule has 1 aromatic heterocycles. The number of nitrogens with two attached hydrogens (primary N) is 1. The van der Waals surface area contributed by atoms with Gasteiger partial charge in [0, 0.05) is 17.1 Å². The van der Waals surface area contributed by atoms with E-state index in [1.54, 1.807) is 11.3 Å². The second-order valence-corrected chi connectivity index (χ2v) is 3.63. The third-order valence-corrected chi connectivity index (χ3v) is 2.65. The zero-order valence-electron chi connectivity index (χ0n) is 7.00. The Balaban J connectivity index is 2.56. The highest BCUT2D eigenvalue weighted by molar-refractivity contribution is 7.10. The summed E-state index contributed by atoms with van der Waals surface area (Å²) in [6.45, 7) is 4.18. The monoisotopic (exact) mass is 170 g/mol. The zero-order chi connectivity index (χ0) is 8.27. The summed E-state index contributed by atoms with van der Waals surface area (Å²) in [5.74, 6) is 0. The molecule has 0 aliphatic heterocycles. The van der Waals surface area contributed by atoms with Gasteiger partial charge in [-0.2, -0.15) is 0 Å². The lowest BCUT2D eigenvalue weighted by molar-refractivity contribution is 0.349. The molecule has 3 heteroatoms. The first-order chi connectivity index (χ1) is 5.24. The van der Waals surface area contributed by atoms with Crippen molar-refractivity contribution in [3.63, 3.8) is 0 Å². The molecule has 0 spiro atoms. The van der Waals surface area contributed by atoms with E-state index in [9.17, 15) is 0 Å². The van der Waals surface area contributed by atoms with E-state index in [4.69, 9.17) is 5.73 Å². The van der Waals surface area contributed by atoms with E-state index < -0.39 is 0 Å². The van der Waals surface area contributed by atoms with Gasteiger partial charge in [0.25, 0.3) is 0 Å². The van der Waals surface area contributed by atoms with Crippen LogP contribution in [0.25, 0.3) is 0 Å². The Morgan fingerprint density at radius 2 is 2.36 bits per heavy atom. The van der Waals surface area contributed by atoms with Gasteiger partial charge in [-0.1, -0.05) is 6.92 Å². The van der Waals surface area contributed by atoms with Crippen molar-refractivity contribution in [2.75, 3.05) is 19.3 Å². The van der Waals surface area contributed by atoms with Crippen LogP contribution in [0.15, 0.2) is 11.4 Å². The van der Waals surface area contributed by atoms with E-state index in [0.717, 1.165) is 18.8 Å². The van der Waals surface area contributed by atoms with Gasteiger partial charge in [-0.15, -0.1) is 11.3 Å². The molecule has 0 unspecified atom stereocenters. The fourth-order valence-corrected chi connectivity index (χ4v) is 1.71. The topological polar surface area (TPSA) is 29.3 Å². The van der Waals surface area contributed by atoms with Crippen LogP contribution in [0.4, 0.5) is 5.69 Å². The van der Waals surface area contributed by atoms with Gasteiger partial charge in [0.05, 0.1) is 0 Å². The van der Waals surface area contributed by atoms with Crippen LogP contribution in [0.1, 0.15) is 11.8 Å². The van der Waals surface area contributed by atoms with Crippen LogP contribution in [-0.4, -0.2) is 18.5 Å². The van der Waals surface area contributed by atoms with E-state index in [1.165, 1.54) is 4.88 Å². The maximum Gasteiger partial charge on any atom is 0.0468 e. The number of nitrogen functional groups attached to an aromatic ring is 1. The summed E-state index contributed by atoms with van der Waals surface area (Å²) < 4.78 is 0. The van der Waals surface area contributed by atoms with E-state index in [2.05, 4.69) is 18.9 Å². The van der Waals surface area contributed by atoms with Crippen LogP contribution in [0.2, 0.25) is 0 Å². The Morgan fingerprint density at radius 3 is 2.82 bits per heavy atom. The maximum atomic E-state index is 5.73. The first-order valence-corrected chi connectivity index (χ1v) is 4.62. The quantitative estimate of drug-likeness (QED) is 0.749. The summed E-state index contributed by atoms with van der Waals surface area (Å²) in [7, 11) is 2.10. The molecule has 1 heterocycles. The molecule has 0 amide bonds. The average molecular weight is 170 g/mol. The fraction of sp³-hybridized carbons (Fsp3) is 0.500. The van der Waals surface area contributed by atoms with Crippen LogP contribution in [-0.2, 0) is 6.54 Å². The third kappa shape index (κ3) is 2.20. The van der Waals surface area contributed by atoms with Crippen LogP contribution in [0, 0.1) is 0 Å². The SMILES string of the molecule is CCN(C)Cc1sccc1N. The summed E-state index contributed by atoms with van der Waals surface area (Å²) in [6.07, 6.45) is 0. The van der Waals surface area contributed by atoms with Gasteiger partial charge < -0.3 is 10.6 Å². The number of hydrogen-bond donors (Lipinski definition) is 1. The Kier molecular flexibility index (Phi) is 2.91. The van der Waals surface area contributed by atoms with Crippen molar-refractivity contribution in [1.29, 1.82) is 0 Å². The van der Waals surface area contributed by atoms with Gasteiger partial charge in [0.2, 0.25) is 0 Å². The van der Waals surface area contributed by atoms with Crippen molar-refractivity contribution >= 4 is 17.0 Å². The van der Waals surface area contributed by atoms with Gasteiger partial charge in [-0.05, 0) is 25.0 Å². The molecule has 1 rings (SSSR count). The molecule has 0 saturated carbocycles. The predicted octanol–water partition coefficient (Wildman–Crippen LogP) is 1.78. The number of rotatable bonds is 3. The summed E-state index contributed by atoms with van der Waals surface area (Å²) in [4.78, 5) is 3.51. The van der Waals surface area contributed by atoms with Gasteiger partial charge in [-0.3, -0.25) is 0 Å². The van der Waals surface area contributed by atoms with Crippen molar-refractivity contribution in [1.82, 2.24) is 4.90 Å². The standard InChI is InChI=1S/C8H14N2S/c1-3-10(2)6-8-7(9)4-5-11-8/h4-5H,3,6,9H2,1-2H3. The minimum Gasteiger partial charge on any atom is -0.398 e. The van der Waals surface area contributed by atoms with Gasteiger partial charge in [0.15, 0.2) is 0 Å². The van der Waals surface area contributed by atoms with Crippen LogP contribution < -0.4 is 5.73 Å². The highest BCUT2D eigenvalue weighted by atomic mass is 32.1. The Hall–Kier alpha value is -0.540. The molecule has 62 valence electrons. The molecule has 2 nitrogen and oxygen atoms in total. The third-order valence-electron chi connectivity index (χ3n) is 1.73. The Labute approximate surface area is 71.6 Å². The number of hydrogen-bond acceptors (Lipinski definition) is 3. The fourth-order valence-electron chi connectivity index (χ4n) is 0.836. The van der Waals surface area contributed by atoms with Crippen LogP contribution >= 0.6 is 11.3 Å². The van der Waals surface area contributed by atoms with E-state index in [1.807, 2.05) is 11.4 Å². The lowest BCUT2D eigenvalue weighted by Crippen LogP contribution is -2.16. The lowest BCUT2D eigenvalue weighted by atomic mass is 10.4. The lowest BCUT2D eigenvalue weighted by Gasteiger charge is -2.12. The highest BCUT2D eigenvalue weighted by Crippen LogP contribution is 2.19. The zero-order valence-corrected chi connectivity index (χ0v) is 7.82. The van der Waals surface area contributed by atoms with Gasteiger partial charge >= 0.3 is 0 Å². The van der Waals surface area contributed by atoms with Gasteiger partial charge in [0.1, 0.15) is 0 Å². The number of thiophene rings is 1. The Bertz CT molecular complexity index is 220. The van der Waals surface area contributed by atoms with Crippen molar-refractivity contribution in [3.05, 3.63) is 16.3 Å². The van der Waals surface area contributed by atoms with Crippen molar-refractivity contribution in [2.24, 2.45) is 0 Å². The average Bonchev–Trinajstić information content (AvgIpc) is 2.37. The highest BCUT2D eigenvalue weighted by Gasteiger charge is 2.02. The maximum absolute atomic E-state index is 5.73. The Morgan fingerprint density at radius 1 is 1.64 bits per heavy atom. The second-order valence-electron chi connectivity index (χ2n) is 2.63. The molecule has 0 radical (unpaired) electrons. The molecule has 0 saturated heterocycles. The summed E-state index contributed by atoms with van der Waals surface area (Å²) >= 11 is 1.73. The minimum absolute atomic E-state index is 0.926. The minimum atomic E-state index is 0.926. The van der Waals surface area contributed by atoms with E-state index in [-0.39, 0.29) is 0 Å². The van der Waals surface area contributed by atoms with Crippen LogP contribution in [0.5, 0.6) is 0 Å². The summed E-state index contributed by atoms with van der Waals surface area (Å²) in [6, 6.07) is 1.96. The molecular weight excluding hydrogens is 156 g/mol. The van der Waals surface area contributed by atoms with Gasteiger partial charge in [-0.25, -0.2) is 0 Å². The predicted molar refractivity (Wildman–Crippen MR) is 50.7 cm³/mol. The number of anilines is 1. The first-order valence-electron chi connectivity index (χ1n) is 3.74. The molecule has 0 aliphatic carbocycles. The first kappa shape index (κ1) is 8.56. The molecule has 0 atom stereocenters. The molecule has 1 aromatic rings. The smallest absolute Gasteiger partial charge is 0.0468 e. The summed E-state index contributed by atoms with van der Waals surface area (Å²) in [5.41, 5.74) is 6.65. The number of nitrogens with zero attached hydrogens (tertiary/aromatic N) is 1. The molecule has 0 bridgehead atoms. The normalized spacial score (nSPS) is 10.8. The molecule has 11 heavy (non-hydrogen) atoms.